The minimum absolute atomic E-state index is 0.588. The van der Waals surface area contributed by atoms with Gasteiger partial charge in [-0.1, -0.05) is 279 Å². The van der Waals surface area contributed by atoms with E-state index in [0.29, 0.717) is 35.2 Å². The zero-order valence-corrected chi connectivity index (χ0v) is 54.3. The number of rotatable bonds is 14. The molecule has 4 aromatic heterocycles. The third-order valence-electron chi connectivity index (χ3n) is 18.1. The number of aromatic nitrogens is 8. The molecule has 0 bridgehead atoms. The molecule has 0 aliphatic carbocycles. The van der Waals surface area contributed by atoms with Gasteiger partial charge < -0.3 is 9.80 Å². The lowest BCUT2D eigenvalue weighted by atomic mass is 10.0. The summed E-state index contributed by atoms with van der Waals surface area (Å²) in [5, 5.41) is 4.65. The van der Waals surface area contributed by atoms with Crippen molar-refractivity contribution in [3.63, 3.8) is 0 Å². The first-order valence-corrected chi connectivity index (χ1v) is 33.4. The van der Waals surface area contributed by atoms with Gasteiger partial charge in [0.25, 0.3) is 0 Å². The Balaban J connectivity index is 0.000000150. The third kappa shape index (κ3) is 11.8. The summed E-state index contributed by atoms with van der Waals surface area (Å²) in [7, 11) is 0. The largest absolute Gasteiger partial charge is 0.311 e. The molecule has 0 aliphatic heterocycles. The van der Waals surface area contributed by atoms with Crippen molar-refractivity contribution in [1.82, 2.24) is 39.0 Å². The molecule has 10 nitrogen and oxygen atoms in total. The number of fused-ring (bicyclic) bond motifs is 6. The molecule has 100 heavy (non-hydrogen) atoms. The molecular formula is C90H62N10. The lowest BCUT2D eigenvalue weighted by Gasteiger charge is -2.25. The van der Waals surface area contributed by atoms with Crippen molar-refractivity contribution in [3.05, 3.63) is 376 Å². The molecular weight excluding hydrogens is 1220 g/mol. The summed E-state index contributed by atoms with van der Waals surface area (Å²) >= 11 is 0. The monoisotopic (exact) mass is 1280 g/mol. The van der Waals surface area contributed by atoms with Crippen LogP contribution in [0.15, 0.2) is 376 Å². The molecule has 0 unspecified atom stereocenters. The summed E-state index contributed by atoms with van der Waals surface area (Å²) in [5.41, 5.74) is 19.0. The molecule has 0 radical (unpaired) electrons. The van der Waals surface area contributed by atoms with E-state index >= 15 is 0 Å². The molecule has 0 fully saturated rings. The number of para-hydroxylation sites is 8. The van der Waals surface area contributed by atoms with Crippen LogP contribution in [0.4, 0.5) is 34.1 Å². The third-order valence-corrected chi connectivity index (χ3v) is 18.1. The second kappa shape index (κ2) is 26.8. The van der Waals surface area contributed by atoms with E-state index in [2.05, 4.69) is 310 Å². The molecule has 10 heteroatoms. The van der Waals surface area contributed by atoms with E-state index in [1.54, 1.807) is 0 Å². The van der Waals surface area contributed by atoms with E-state index in [0.717, 1.165) is 122 Å². The summed E-state index contributed by atoms with van der Waals surface area (Å²) in [6.07, 6.45) is 0. The van der Waals surface area contributed by atoms with Gasteiger partial charge in [-0.15, -0.1) is 0 Å². The van der Waals surface area contributed by atoms with E-state index in [1.165, 1.54) is 0 Å². The standard InChI is InChI=1S/2C45H31N5/c1-4-15-33(16-5-1)43-46-44(48-45(47-43)50-41-25-12-10-23-39(41)40-24-11-13-26-42(40)50)34-29-27-32(28-30-34)35-17-14-22-38(31-35)49(36-18-6-2-7-19-36)37-20-8-3-9-21-37;1-4-14-34(15-5-1)43-46-44(48-45(47-43)50-41-22-12-10-20-39(41)40-21-11-13-23-42(40)50)35-26-24-32(25-27-35)33-28-30-38(31-29-33)49(36-16-6-2-7-17-36)37-18-8-3-9-19-37/h2*1-31H. The van der Waals surface area contributed by atoms with Crippen molar-refractivity contribution < 1.29 is 0 Å². The van der Waals surface area contributed by atoms with Crippen molar-refractivity contribution in [1.29, 1.82) is 0 Å². The van der Waals surface area contributed by atoms with Crippen LogP contribution in [-0.4, -0.2) is 39.0 Å². The molecule has 0 saturated carbocycles. The predicted octanol–water partition coefficient (Wildman–Crippen LogP) is 22.9. The van der Waals surface area contributed by atoms with Crippen LogP contribution in [0.5, 0.6) is 0 Å². The van der Waals surface area contributed by atoms with Crippen molar-refractivity contribution in [2.75, 3.05) is 9.80 Å². The highest BCUT2D eigenvalue weighted by Gasteiger charge is 2.21. The van der Waals surface area contributed by atoms with Crippen LogP contribution < -0.4 is 9.80 Å². The van der Waals surface area contributed by atoms with Gasteiger partial charge in [0.2, 0.25) is 11.9 Å². The van der Waals surface area contributed by atoms with Crippen molar-refractivity contribution in [2.45, 2.75) is 0 Å². The SMILES string of the molecule is c1ccc(-c2nc(-c3ccc(-c4ccc(N(c5ccccc5)c5ccccc5)cc4)cc3)nc(-n3c4ccccc4c4ccccc43)n2)cc1.c1ccc(-c2nc(-c3ccc(-c4cccc(N(c5ccccc5)c5ccccc5)c4)cc3)nc(-n3c4ccccc4c4ccccc43)n2)cc1. The van der Waals surface area contributed by atoms with E-state index in [1.807, 2.05) is 84.9 Å². The van der Waals surface area contributed by atoms with E-state index < -0.39 is 0 Å². The molecule has 0 amide bonds. The summed E-state index contributed by atoms with van der Waals surface area (Å²) in [6, 6.07) is 130. The number of anilines is 6. The fourth-order valence-electron chi connectivity index (χ4n) is 13.4. The Bertz CT molecular complexity index is 5690. The summed E-state index contributed by atoms with van der Waals surface area (Å²) < 4.78 is 4.29. The van der Waals surface area contributed by atoms with Crippen molar-refractivity contribution in [2.24, 2.45) is 0 Å². The quantitative estimate of drug-likeness (QED) is 0.106. The maximum Gasteiger partial charge on any atom is 0.238 e. The van der Waals surface area contributed by atoms with Gasteiger partial charge in [-0.25, -0.2) is 9.97 Å². The fourth-order valence-corrected chi connectivity index (χ4v) is 13.4. The Kier molecular flexibility index (Phi) is 16.1. The molecule has 18 rings (SSSR count). The minimum atomic E-state index is 0.588. The molecule has 18 aromatic rings. The van der Waals surface area contributed by atoms with Crippen LogP contribution in [0.1, 0.15) is 0 Å². The second-order valence-electron chi connectivity index (χ2n) is 24.3. The average Bonchev–Trinajstić information content (AvgIpc) is 1.60. The Morgan fingerprint density at radius 2 is 0.400 bits per heavy atom. The normalized spacial score (nSPS) is 11.2. The Labute approximate surface area is 579 Å². The molecule has 0 aliphatic rings. The van der Waals surface area contributed by atoms with Crippen molar-refractivity contribution in [3.8, 4) is 79.7 Å². The fraction of sp³-hybridized carbons (Fsp3) is 0. The topological polar surface area (TPSA) is 93.7 Å². The van der Waals surface area contributed by atoms with E-state index in [9.17, 15) is 0 Å². The maximum atomic E-state index is 5.11. The van der Waals surface area contributed by atoms with Crippen LogP contribution in [0.25, 0.3) is 123 Å². The van der Waals surface area contributed by atoms with Gasteiger partial charge in [0, 0.05) is 77.9 Å². The highest BCUT2D eigenvalue weighted by atomic mass is 15.2. The van der Waals surface area contributed by atoms with Gasteiger partial charge in [0.05, 0.1) is 22.1 Å². The number of benzene rings is 14. The van der Waals surface area contributed by atoms with Gasteiger partial charge in [-0.3, -0.25) is 9.13 Å². The smallest absolute Gasteiger partial charge is 0.238 e. The molecule has 0 spiro atoms. The Hall–Kier alpha value is -13.7. The summed E-state index contributed by atoms with van der Waals surface area (Å²) in [6.45, 7) is 0. The zero-order chi connectivity index (χ0) is 66.6. The van der Waals surface area contributed by atoms with Crippen LogP contribution in [-0.2, 0) is 0 Å². The van der Waals surface area contributed by atoms with E-state index in [4.69, 9.17) is 29.9 Å². The number of nitrogens with zero attached hydrogens (tertiary/aromatic N) is 10. The second-order valence-corrected chi connectivity index (χ2v) is 24.3. The number of hydrogen-bond acceptors (Lipinski definition) is 8. The van der Waals surface area contributed by atoms with E-state index in [-0.39, 0.29) is 0 Å². The van der Waals surface area contributed by atoms with Crippen molar-refractivity contribution >= 4 is 77.7 Å². The first kappa shape index (κ1) is 60.0. The summed E-state index contributed by atoms with van der Waals surface area (Å²) in [5.74, 6) is 3.69. The lowest BCUT2D eigenvalue weighted by molar-refractivity contribution is 0.953. The van der Waals surface area contributed by atoms with Crippen LogP contribution in [0.3, 0.4) is 0 Å². The number of hydrogen-bond donors (Lipinski definition) is 0. The van der Waals surface area contributed by atoms with Crippen LogP contribution in [0.2, 0.25) is 0 Å². The Morgan fingerprint density at radius 1 is 0.170 bits per heavy atom. The van der Waals surface area contributed by atoms with Crippen LogP contribution >= 0.6 is 0 Å². The maximum absolute atomic E-state index is 5.11. The highest BCUT2D eigenvalue weighted by molar-refractivity contribution is 6.10. The average molecular weight is 1280 g/mol. The van der Waals surface area contributed by atoms with Gasteiger partial charge in [0.1, 0.15) is 0 Å². The highest BCUT2D eigenvalue weighted by Crippen LogP contribution is 2.40. The summed E-state index contributed by atoms with van der Waals surface area (Å²) in [4.78, 5) is 34.9. The zero-order valence-electron chi connectivity index (χ0n) is 54.3. The first-order valence-electron chi connectivity index (χ1n) is 33.4. The predicted molar refractivity (Wildman–Crippen MR) is 410 cm³/mol. The molecule has 0 saturated heterocycles. The minimum Gasteiger partial charge on any atom is -0.311 e. The van der Waals surface area contributed by atoms with Gasteiger partial charge in [-0.05, 0) is 119 Å². The molecule has 0 N–H and O–H groups in total. The lowest BCUT2D eigenvalue weighted by Crippen LogP contribution is -2.09. The first-order chi connectivity index (χ1) is 49.6. The van der Waals surface area contributed by atoms with Gasteiger partial charge >= 0.3 is 0 Å². The van der Waals surface area contributed by atoms with Gasteiger partial charge in [-0.2, -0.15) is 19.9 Å². The Morgan fingerprint density at radius 3 is 0.740 bits per heavy atom. The van der Waals surface area contributed by atoms with Gasteiger partial charge in [0.15, 0.2) is 23.3 Å². The molecule has 0 atom stereocenters. The molecule has 4 heterocycles. The van der Waals surface area contributed by atoms with Crippen LogP contribution in [0, 0.1) is 0 Å². The molecule has 14 aromatic carbocycles. The molecule has 472 valence electrons.